The molecule has 0 bridgehead atoms. The number of rotatable bonds is 3. The molecule has 0 N–H and O–H groups in total. The third-order valence-electron chi connectivity index (χ3n) is 19.3. The summed E-state index contributed by atoms with van der Waals surface area (Å²) in [6.45, 7) is 4.15. The van der Waals surface area contributed by atoms with Crippen molar-refractivity contribution < 1.29 is 9.47 Å². The highest BCUT2D eigenvalue weighted by atomic mass is 16.5. The second-order valence-electron chi connectivity index (χ2n) is 23.0. The summed E-state index contributed by atoms with van der Waals surface area (Å²) in [6.07, 6.45) is 0. The molecule has 2 spiro atoms. The van der Waals surface area contributed by atoms with E-state index in [1.807, 2.05) is 0 Å². The number of fused-ring (bicyclic) bond motifs is 20. The minimum Gasteiger partial charge on any atom is -0.458 e. The van der Waals surface area contributed by atoms with Crippen molar-refractivity contribution in [1.29, 1.82) is 0 Å². The van der Waals surface area contributed by atoms with Gasteiger partial charge >= 0.3 is 0 Å². The minimum absolute atomic E-state index is 0.170. The van der Waals surface area contributed by atoms with E-state index in [1.54, 1.807) is 0 Å². The first-order valence-corrected chi connectivity index (χ1v) is 28.1. The second-order valence-corrected chi connectivity index (χ2v) is 23.0. The van der Waals surface area contributed by atoms with Gasteiger partial charge in [-0.05, 0) is 191 Å². The SMILES string of the molecule is Cc1ccc(N2c3ccc(-c4ccc5c(c4)C4(c6ccccc6-c6ccccc64)c4ccccc4-5)c4c3B3c5c(cc(C)cc5Oc5c(-c6ccc7c(c6)C6(c8ccccc8-c8ccccc86)c6ccccc6-7)ccc2c53)O4)cc1. The van der Waals surface area contributed by atoms with Crippen LogP contribution in [-0.2, 0) is 10.8 Å². The van der Waals surface area contributed by atoms with Crippen LogP contribution in [-0.4, -0.2) is 6.71 Å². The summed E-state index contributed by atoms with van der Waals surface area (Å²) >= 11 is 0. The van der Waals surface area contributed by atoms with E-state index in [-0.39, 0.29) is 6.71 Å². The van der Waals surface area contributed by atoms with Gasteiger partial charge in [-0.3, -0.25) is 0 Å². The molecule has 0 aromatic heterocycles. The van der Waals surface area contributed by atoms with E-state index in [0.29, 0.717) is 0 Å². The molecule has 7 aliphatic rings. The molecule has 0 atom stereocenters. The summed E-state index contributed by atoms with van der Waals surface area (Å²) in [5.74, 6) is 3.48. The number of nitrogens with zero attached hydrogens (tertiary/aromatic N) is 1. The molecule has 370 valence electrons. The first-order chi connectivity index (χ1) is 39.5. The summed E-state index contributed by atoms with van der Waals surface area (Å²) in [4.78, 5) is 2.46. The van der Waals surface area contributed by atoms with Crippen LogP contribution in [0.25, 0.3) is 66.8 Å². The molecule has 80 heavy (non-hydrogen) atoms. The van der Waals surface area contributed by atoms with Gasteiger partial charge in [-0.15, -0.1) is 0 Å². The fourth-order valence-corrected chi connectivity index (χ4v) is 16.3. The van der Waals surface area contributed by atoms with Gasteiger partial charge in [-0.1, -0.05) is 188 Å². The Hall–Kier alpha value is -9.90. The number of aryl methyl sites for hydroxylation is 2. The zero-order valence-electron chi connectivity index (χ0n) is 43.9. The smallest absolute Gasteiger partial charge is 0.266 e. The van der Waals surface area contributed by atoms with Gasteiger partial charge in [-0.2, -0.15) is 0 Å². The highest BCUT2D eigenvalue weighted by Crippen LogP contribution is 2.65. The molecule has 0 fully saturated rings. The number of benzene rings is 12. The lowest BCUT2D eigenvalue weighted by molar-refractivity contribution is 0.465. The molecule has 0 unspecified atom stereocenters. The summed E-state index contributed by atoms with van der Waals surface area (Å²) < 4.78 is 15.1. The molecule has 4 heteroatoms. The van der Waals surface area contributed by atoms with Gasteiger partial charge in [0.25, 0.3) is 6.71 Å². The molecule has 19 rings (SSSR count). The molecule has 0 amide bonds. The van der Waals surface area contributed by atoms with Gasteiger partial charge in [0.15, 0.2) is 0 Å². The van der Waals surface area contributed by atoms with Crippen LogP contribution in [0.2, 0.25) is 0 Å². The van der Waals surface area contributed by atoms with Crippen molar-refractivity contribution >= 4 is 40.2 Å². The number of anilines is 3. The van der Waals surface area contributed by atoms with Crippen LogP contribution in [0.1, 0.15) is 55.6 Å². The predicted octanol–water partition coefficient (Wildman–Crippen LogP) is 16.8. The average Bonchev–Trinajstić information content (AvgIpc) is 3.89. The monoisotopic (exact) mass is 1020 g/mol. The average molecular weight is 1020 g/mol. The normalized spacial score (nSPS) is 15.0. The highest BCUT2D eigenvalue weighted by molar-refractivity contribution is 7.00. The molecule has 3 aliphatic heterocycles. The quantitative estimate of drug-likeness (QED) is 0.165. The van der Waals surface area contributed by atoms with E-state index in [0.717, 1.165) is 84.3 Å². The van der Waals surface area contributed by atoms with Crippen LogP contribution in [0.3, 0.4) is 0 Å². The predicted molar refractivity (Wildman–Crippen MR) is 325 cm³/mol. The fourth-order valence-electron chi connectivity index (χ4n) is 16.3. The lowest BCUT2D eigenvalue weighted by atomic mass is 9.33. The molecular weight excluding hydrogens is 970 g/mol. The molecule has 12 aromatic rings. The third kappa shape index (κ3) is 5.06. The van der Waals surface area contributed by atoms with Crippen LogP contribution >= 0.6 is 0 Å². The molecular formula is C76H46BNO2. The zero-order chi connectivity index (χ0) is 52.3. The summed E-state index contributed by atoms with van der Waals surface area (Å²) in [6, 6.07) is 91.6. The van der Waals surface area contributed by atoms with Crippen LogP contribution < -0.4 is 30.8 Å². The van der Waals surface area contributed by atoms with E-state index < -0.39 is 10.8 Å². The van der Waals surface area contributed by atoms with Gasteiger partial charge in [0, 0.05) is 33.7 Å². The van der Waals surface area contributed by atoms with Crippen molar-refractivity contribution in [1.82, 2.24) is 0 Å². The van der Waals surface area contributed by atoms with E-state index >= 15 is 0 Å². The Kier molecular flexibility index (Phi) is 8.09. The molecule has 3 heterocycles. The van der Waals surface area contributed by atoms with Gasteiger partial charge in [0.05, 0.1) is 10.8 Å². The van der Waals surface area contributed by atoms with Crippen LogP contribution in [0.4, 0.5) is 17.1 Å². The molecule has 12 aromatic carbocycles. The lowest BCUT2D eigenvalue weighted by Gasteiger charge is -2.44. The van der Waals surface area contributed by atoms with Gasteiger partial charge in [0.1, 0.15) is 23.0 Å². The molecule has 4 aliphatic carbocycles. The Morgan fingerprint density at radius 1 is 0.300 bits per heavy atom. The third-order valence-corrected chi connectivity index (χ3v) is 19.3. The van der Waals surface area contributed by atoms with Crippen molar-refractivity contribution in [2.24, 2.45) is 0 Å². The van der Waals surface area contributed by atoms with Crippen molar-refractivity contribution in [2.75, 3.05) is 4.90 Å². The standard InChI is InChI=1S/C76H46BNO2/c1-43-27-31-47(32-28-43)78-66-37-35-48(45-29-33-56-54-19-7-13-25-62(54)75(64(56)41-45)58-21-9-3-15-50(58)51-16-4-10-22-59(51)75)73-70(66)77-71-67(78)38-36-49(74(71)80-69-40-44(2)39-68(79-73)72(69)77)46-30-34-57-55-20-8-14-26-63(55)76(65(57)42-46)60-23-11-5-17-52(60)53-18-6-12-24-61(53)76/h3-42H,1-2H3. The molecule has 3 nitrogen and oxygen atoms in total. The topological polar surface area (TPSA) is 21.7 Å². The van der Waals surface area contributed by atoms with E-state index in [1.165, 1.54) is 94.6 Å². The Morgan fingerprint density at radius 3 is 1.01 bits per heavy atom. The molecule has 0 saturated carbocycles. The van der Waals surface area contributed by atoms with Gasteiger partial charge in [0.2, 0.25) is 0 Å². The maximum Gasteiger partial charge on any atom is 0.266 e. The van der Waals surface area contributed by atoms with Crippen molar-refractivity contribution in [3.8, 4) is 89.8 Å². The molecule has 0 saturated heterocycles. The van der Waals surface area contributed by atoms with Gasteiger partial charge < -0.3 is 14.4 Å². The van der Waals surface area contributed by atoms with Crippen LogP contribution in [0, 0.1) is 13.8 Å². The second kappa shape index (κ2) is 15.0. The van der Waals surface area contributed by atoms with Crippen molar-refractivity contribution in [3.63, 3.8) is 0 Å². The Morgan fingerprint density at radius 2 is 0.637 bits per heavy atom. The summed E-state index contributed by atoms with van der Waals surface area (Å²) in [7, 11) is 0. The van der Waals surface area contributed by atoms with E-state index in [9.17, 15) is 0 Å². The Balaban J connectivity index is 0.854. The maximum absolute atomic E-state index is 7.53. The maximum atomic E-state index is 7.53. The number of hydrogen-bond acceptors (Lipinski definition) is 3. The van der Waals surface area contributed by atoms with E-state index in [4.69, 9.17) is 9.47 Å². The minimum atomic E-state index is -0.474. The first kappa shape index (κ1) is 43.1. The summed E-state index contributed by atoms with van der Waals surface area (Å²) in [5, 5.41) is 0. The number of hydrogen-bond donors (Lipinski definition) is 0. The lowest BCUT2D eigenvalue weighted by Crippen LogP contribution is -2.61. The molecule has 0 radical (unpaired) electrons. The van der Waals surface area contributed by atoms with Gasteiger partial charge in [-0.25, -0.2) is 0 Å². The summed E-state index contributed by atoms with van der Waals surface area (Å²) in [5.41, 5.74) is 33.4. The van der Waals surface area contributed by atoms with Crippen molar-refractivity contribution in [2.45, 2.75) is 24.7 Å². The zero-order valence-corrected chi connectivity index (χ0v) is 43.9. The van der Waals surface area contributed by atoms with Crippen LogP contribution in [0.15, 0.2) is 243 Å². The van der Waals surface area contributed by atoms with Crippen LogP contribution in [0.5, 0.6) is 23.0 Å². The number of ether oxygens (including phenoxy) is 2. The Bertz CT molecular complexity index is 4430. The first-order valence-electron chi connectivity index (χ1n) is 28.1. The highest BCUT2D eigenvalue weighted by Gasteiger charge is 2.54. The Labute approximate surface area is 464 Å². The van der Waals surface area contributed by atoms with E-state index in [2.05, 4.69) is 261 Å². The fraction of sp³-hybridized carbons (Fsp3) is 0.0526. The van der Waals surface area contributed by atoms with Crippen molar-refractivity contribution in [3.05, 3.63) is 298 Å². The largest absolute Gasteiger partial charge is 0.458 e.